The third-order valence-electron chi connectivity index (χ3n) is 4.21. The highest BCUT2D eigenvalue weighted by Gasteiger charge is 2.49. The van der Waals surface area contributed by atoms with Gasteiger partial charge in [0, 0.05) is 21.7 Å². The van der Waals surface area contributed by atoms with Gasteiger partial charge in [-0.1, -0.05) is 0 Å². The minimum Gasteiger partial charge on any atom is -0.477 e. The van der Waals surface area contributed by atoms with E-state index in [2.05, 4.69) is 0 Å². The van der Waals surface area contributed by atoms with Gasteiger partial charge in [0.15, 0.2) is 0 Å². The van der Waals surface area contributed by atoms with Gasteiger partial charge in [-0.15, -0.1) is 23.1 Å². The second-order valence-electron chi connectivity index (χ2n) is 5.62. The van der Waals surface area contributed by atoms with Crippen molar-refractivity contribution in [2.24, 2.45) is 0 Å². The number of nitrogens with zero attached hydrogens (tertiary/aromatic N) is 2. The molecule has 3 aliphatic heterocycles. The maximum atomic E-state index is 12.2. The number of rotatable bonds is 2. The lowest BCUT2D eigenvalue weighted by Crippen LogP contribution is -2.51. The third-order valence-corrected chi connectivity index (χ3v) is 6.47. The molecule has 1 unspecified atom stereocenters. The Balaban J connectivity index is 1.56. The molecule has 1 aromatic rings. The van der Waals surface area contributed by atoms with Crippen LogP contribution in [0.3, 0.4) is 0 Å². The summed E-state index contributed by atoms with van der Waals surface area (Å²) in [6.45, 7) is 0.850. The van der Waals surface area contributed by atoms with Crippen LogP contribution in [0.5, 0.6) is 0 Å². The molecule has 9 heteroatoms. The summed E-state index contributed by atoms with van der Waals surface area (Å²) in [6, 6.07) is 1.92. The van der Waals surface area contributed by atoms with E-state index in [4.69, 9.17) is 10.2 Å². The first-order valence-corrected chi connectivity index (χ1v) is 8.95. The van der Waals surface area contributed by atoms with E-state index in [1.807, 2.05) is 6.07 Å². The number of amides is 2. The van der Waals surface area contributed by atoms with E-state index in [1.54, 1.807) is 17.4 Å². The number of β-lactam (4-membered cyclic amide) rings is 1. The van der Waals surface area contributed by atoms with E-state index in [0.717, 1.165) is 15.3 Å². The quantitative estimate of drug-likeness (QED) is 0.615. The van der Waals surface area contributed by atoms with Gasteiger partial charge in [0.2, 0.25) is 0 Å². The second kappa shape index (κ2) is 5.38. The Morgan fingerprint density at radius 3 is 2.83 bits per heavy atom. The topological polar surface area (TPSA) is 98.1 Å². The molecule has 7 nitrogen and oxygen atoms in total. The lowest BCUT2D eigenvalue weighted by atomic mass is 10.0. The van der Waals surface area contributed by atoms with Crippen molar-refractivity contribution >= 4 is 47.1 Å². The predicted octanol–water partition coefficient (Wildman–Crippen LogP) is 2.01. The van der Waals surface area contributed by atoms with Crippen LogP contribution >= 0.6 is 23.1 Å². The first kappa shape index (κ1) is 15.3. The Morgan fingerprint density at radius 1 is 1.33 bits per heavy atom. The van der Waals surface area contributed by atoms with E-state index in [0.29, 0.717) is 25.1 Å². The normalized spacial score (nSPS) is 23.7. The summed E-state index contributed by atoms with van der Waals surface area (Å²) in [4.78, 5) is 39.1. The molecular weight excluding hydrogens is 352 g/mol. The fourth-order valence-electron chi connectivity index (χ4n) is 3.01. The van der Waals surface area contributed by atoms with E-state index < -0.39 is 12.1 Å². The molecule has 0 aliphatic carbocycles. The molecule has 2 amide bonds. The van der Waals surface area contributed by atoms with Crippen molar-refractivity contribution in [3.05, 3.63) is 38.1 Å². The van der Waals surface area contributed by atoms with Crippen molar-refractivity contribution < 1.29 is 24.6 Å². The molecule has 1 atom stereocenters. The molecule has 1 saturated heterocycles. The van der Waals surface area contributed by atoms with Gasteiger partial charge in [0.05, 0.1) is 12.1 Å². The Kier molecular flexibility index (Phi) is 3.43. The van der Waals surface area contributed by atoms with Gasteiger partial charge >= 0.3 is 12.1 Å². The maximum absolute atomic E-state index is 12.2. The van der Waals surface area contributed by atoms with Gasteiger partial charge in [0.25, 0.3) is 5.91 Å². The molecule has 24 heavy (non-hydrogen) atoms. The molecule has 4 rings (SSSR count). The van der Waals surface area contributed by atoms with Gasteiger partial charge in [-0.05, 0) is 24.1 Å². The smallest absolute Gasteiger partial charge is 0.407 e. The number of thiophene rings is 1. The fourth-order valence-corrected chi connectivity index (χ4v) is 5.25. The Morgan fingerprint density at radius 2 is 2.12 bits per heavy atom. The van der Waals surface area contributed by atoms with Crippen molar-refractivity contribution in [1.29, 1.82) is 0 Å². The number of carboxylic acids is 1. The molecule has 124 valence electrons. The van der Waals surface area contributed by atoms with Crippen LogP contribution in [0.1, 0.15) is 15.3 Å². The Labute approximate surface area is 144 Å². The van der Waals surface area contributed by atoms with Crippen LogP contribution in [0.15, 0.2) is 22.7 Å². The molecule has 0 aromatic carbocycles. The molecule has 0 radical (unpaired) electrons. The molecule has 1 fully saturated rings. The SMILES string of the molecule is O=C(O)C1=CSC2C(=Cc3cc4c(s3)CCN(C(=O)O)C4)C(=O)N12. The van der Waals surface area contributed by atoms with Crippen LogP contribution in [0, 0.1) is 0 Å². The Bertz CT molecular complexity index is 841. The summed E-state index contributed by atoms with van der Waals surface area (Å²) in [6.07, 6.45) is 1.55. The molecule has 0 spiro atoms. The van der Waals surface area contributed by atoms with Crippen LogP contribution in [-0.4, -0.2) is 49.9 Å². The molecule has 0 saturated carbocycles. The van der Waals surface area contributed by atoms with E-state index in [-0.39, 0.29) is 17.0 Å². The maximum Gasteiger partial charge on any atom is 0.407 e. The van der Waals surface area contributed by atoms with Gasteiger partial charge in [0.1, 0.15) is 11.1 Å². The molecular formula is C15H12N2O5S2. The van der Waals surface area contributed by atoms with Crippen LogP contribution in [-0.2, 0) is 22.6 Å². The molecule has 4 heterocycles. The monoisotopic (exact) mass is 364 g/mol. The number of hydrogen-bond acceptors (Lipinski definition) is 5. The molecule has 3 aliphatic rings. The number of carbonyl (C=O) groups excluding carboxylic acids is 1. The van der Waals surface area contributed by atoms with E-state index >= 15 is 0 Å². The number of thioether (sulfide) groups is 1. The van der Waals surface area contributed by atoms with Gasteiger partial charge in [-0.3, -0.25) is 9.69 Å². The van der Waals surface area contributed by atoms with Gasteiger partial charge in [-0.2, -0.15) is 0 Å². The van der Waals surface area contributed by atoms with Crippen molar-refractivity contribution in [3.8, 4) is 0 Å². The van der Waals surface area contributed by atoms with E-state index in [1.165, 1.54) is 27.0 Å². The minimum atomic E-state index is -1.10. The Hall–Kier alpha value is -2.26. The number of aliphatic carboxylic acids is 1. The highest BCUT2D eigenvalue weighted by molar-refractivity contribution is 8.03. The second-order valence-corrected chi connectivity index (χ2v) is 7.75. The van der Waals surface area contributed by atoms with Crippen molar-refractivity contribution in [2.45, 2.75) is 18.3 Å². The molecule has 2 N–H and O–H groups in total. The largest absolute Gasteiger partial charge is 0.477 e. The number of hydrogen-bond donors (Lipinski definition) is 2. The van der Waals surface area contributed by atoms with Gasteiger partial charge < -0.3 is 15.1 Å². The summed E-state index contributed by atoms with van der Waals surface area (Å²) in [7, 11) is 0. The fraction of sp³-hybridized carbons (Fsp3) is 0.267. The predicted molar refractivity (Wildman–Crippen MR) is 88.4 cm³/mol. The lowest BCUT2D eigenvalue weighted by Gasteiger charge is -2.37. The van der Waals surface area contributed by atoms with Crippen molar-refractivity contribution in [3.63, 3.8) is 0 Å². The first-order valence-electron chi connectivity index (χ1n) is 7.19. The number of carbonyl (C=O) groups is 3. The number of carboxylic acid groups (broad SMARTS) is 2. The number of fused-ring (bicyclic) bond motifs is 2. The average Bonchev–Trinajstić information content (AvgIpc) is 3.12. The van der Waals surface area contributed by atoms with Crippen LogP contribution < -0.4 is 0 Å². The molecule has 0 bridgehead atoms. The summed E-state index contributed by atoms with van der Waals surface area (Å²) in [5.41, 5.74) is 1.59. The summed E-state index contributed by atoms with van der Waals surface area (Å²) < 4.78 is 0. The zero-order chi connectivity index (χ0) is 17.0. The van der Waals surface area contributed by atoms with E-state index in [9.17, 15) is 14.4 Å². The third kappa shape index (κ3) is 2.23. The highest BCUT2D eigenvalue weighted by Crippen LogP contribution is 2.45. The molecule has 1 aromatic heterocycles. The average molecular weight is 364 g/mol. The van der Waals surface area contributed by atoms with Crippen LogP contribution in [0.25, 0.3) is 6.08 Å². The summed E-state index contributed by atoms with van der Waals surface area (Å²) in [5, 5.41) is 19.4. The van der Waals surface area contributed by atoms with Crippen LogP contribution in [0.2, 0.25) is 0 Å². The summed E-state index contributed by atoms with van der Waals surface area (Å²) >= 11 is 2.87. The standard InChI is InChI=1S/C15H12N2O5S2/c18-12-9(13-17(12)10(6-23-13)14(19)20)4-8-3-7-5-16(15(21)22)2-1-11(7)24-8/h3-4,6,13H,1-2,5H2,(H,19,20)(H,21,22). The van der Waals surface area contributed by atoms with Gasteiger partial charge in [-0.25, -0.2) is 9.59 Å². The van der Waals surface area contributed by atoms with Crippen molar-refractivity contribution in [1.82, 2.24) is 9.80 Å². The van der Waals surface area contributed by atoms with Crippen molar-refractivity contribution in [2.75, 3.05) is 6.54 Å². The zero-order valence-electron chi connectivity index (χ0n) is 12.3. The van der Waals surface area contributed by atoms with Crippen LogP contribution in [0.4, 0.5) is 4.79 Å². The minimum absolute atomic E-state index is 0.0229. The zero-order valence-corrected chi connectivity index (χ0v) is 13.9. The first-order chi connectivity index (χ1) is 11.5. The highest BCUT2D eigenvalue weighted by atomic mass is 32.2. The lowest BCUT2D eigenvalue weighted by molar-refractivity contribution is -0.141. The summed E-state index contributed by atoms with van der Waals surface area (Å²) in [5.74, 6) is -1.38.